The van der Waals surface area contributed by atoms with Crippen molar-refractivity contribution in [2.24, 2.45) is 0 Å². The fourth-order valence-corrected chi connectivity index (χ4v) is 6.79. The van der Waals surface area contributed by atoms with E-state index in [0.717, 1.165) is 19.3 Å². The van der Waals surface area contributed by atoms with Gasteiger partial charge in [0.25, 0.3) is 0 Å². The Labute approximate surface area is 155 Å². The van der Waals surface area contributed by atoms with Gasteiger partial charge >= 0.3 is 0 Å². The minimum Gasteiger partial charge on any atom is -0.377 e. The van der Waals surface area contributed by atoms with Crippen molar-refractivity contribution in [3.8, 4) is 0 Å². The number of benzene rings is 1. The zero-order chi connectivity index (χ0) is 18.9. The maximum absolute atomic E-state index is 12.7. The highest BCUT2D eigenvalue weighted by Crippen LogP contribution is 2.30. The van der Waals surface area contributed by atoms with Gasteiger partial charge in [0, 0.05) is 19.7 Å². The van der Waals surface area contributed by atoms with Crippen molar-refractivity contribution >= 4 is 25.7 Å². The Morgan fingerprint density at radius 3 is 2.46 bits per heavy atom. The first-order valence-corrected chi connectivity index (χ1v) is 12.0. The van der Waals surface area contributed by atoms with Gasteiger partial charge < -0.3 is 4.74 Å². The number of ether oxygens (including phenoxy) is 1. The smallest absolute Gasteiger partial charge is 0.241 e. The first kappa shape index (κ1) is 19.6. The van der Waals surface area contributed by atoms with Crippen LogP contribution in [-0.4, -0.2) is 48.4 Å². The van der Waals surface area contributed by atoms with Crippen LogP contribution in [0.25, 0.3) is 0 Å². The van der Waals surface area contributed by atoms with Gasteiger partial charge in [0.1, 0.15) is 0 Å². The van der Waals surface area contributed by atoms with Crippen LogP contribution in [0.5, 0.6) is 0 Å². The number of aryl methyl sites for hydroxylation is 2. The van der Waals surface area contributed by atoms with E-state index in [4.69, 9.17) is 4.74 Å². The second-order valence-corrected chi connectivity index (χ2v) is 10.7. The Bertz CT molecular complexity index is 851. The number of nitrogens with zero attached hydrogens (tertiary/aromatic N) is 1. The lowest BCUT2D eigenvalue weighted by molar-refractivity contribution is 0.114. The molecule has 2 aliphatic heterocycles. The van der Waals surface area contributed by atoms with E-state index in [2.05, 4.69) is 4.72 Å². The van der Waals surface area contributed by atoms with E-state index in [1.165, 1.54) is 4.31 Å². The van der Waals surface area contributed by atoms with Crippen LogP contribution in [0, 0.1) is 13.8 Å². The van der Waals surface area contributed by atoms with Gasteiger partial charge in [0.2, 0.25) is 20.0 Å². The Morgan fingerprint density at radius 1 is 1.19 bits per heavy atom. The van der Waals surface area contributed by atoms with E-state index in [9.17, 15) is 16.8 Å². The van der Waals surface area contributed by atoms with Crippen LogP contribution >= 0.6 is 0 Å². The number of hydrogen-bond acceptors (Lipinski definition) is 5. The van der Waals surface area contributed by atoms with Gasteiger partial charge in [-0.2, -0.15) is 0 Å². The molecule has 26 heavy (non-hydrogen) atoms. The molecule has 3 rings (SSSR count). The highest BCUT2D eigenvalue weighted by atomic mass is 32.2. The van der Waals surface area contributed by atoms with E-state index >= 15 is 0 Å². The van der Waals surface area contributed by atoms with Crippen LogP contribution in [0.2, 0.25) is 0 Å². The van der Waals surface area contributed by atoms with Crippen LogP contribution in [0.3, 0.4) is 0 Å². The minimum atomic E-state index is -3.68. The number of anilines is 1. The largest absolute Gasteiger partial charge is 0.377 e. The van der Waals surface area contributed by atoms with Gasteiger partial charge in [-0.15, -0.1) is 0 Å². The van der Waals surface area contributed by atoms with Crippen molar-refractivity contribution in [3.05, 3.63) is 23.3 Å². The molecule has 1 aromatic carbocycles. The van der Waals surface area contributed by atoms with Crippen LogP contribution in [0.4, 0.5) is 5.69 Å². The fraction of sp³-hybridized carbons (Fsp3) is 0.647. The molecule has 146 valence electrons. The molecule has 1 N–H and O–H groups in total. The average Bonchev–Trinajstić information content (AvgIpc) is 3.05. The lowest BCUT2D eigenvalue weighted by Gasteiger charge is -2.29. The maximum atomic E-state index is 12.7. The highest BCUT2D eigenvalue weighted by molar-refractivity contribution is 7.92. The van der Waals surface area contributed by atoms with Crippen molar-refractivity contribution in [1.82, 2.24) is 4.72 Å². The molecule has 0 aliphatic carbocycles. The normalized spacial score (nSPS) is 23.3. The minimum absolute atomic E-state index is 0.0804. The van der Waals surface area contributed by atoms with Gasteiger partial charge in [-0.1, -0.05) is 0 Å². The molecule has 0 amide bonds. The molecule has 2 aliphatic rings. The summed E-state index contributed by atoms with van der Waals surface area (Å²) in [5.74, 6) is 0.133. The first-order chi connectivity index (χ1) is 12.2. The van der Waals surface area contributed by atoms with E-state index in [0.29, 0.717) is 36.4 Å². The number of sulfonamides is 2. The molecule has 0 spiro atoms. The molecule has 2 saturated heterocycles. The van der Waals surface area contributed by atoms with Crippen molar-refractivity contribution in [3.63, 3.8) is 0 Å². The van der Waals surface area contributed by atoms with Gasteiger partial charge in [0.05, 0.1) is 22.4 Å². The Kier molecular flexibility index (Phi) is 5.62. The third-order valence-electron chi connectivity index (χ3n) is 4.88. The SMILES string of the molecule is Cc1cc(N2CCCCS2(=O)=O)cc(C)c1S(=O)(=O)NC[C@H]1CCCO1. The van der Waals surface area contributed by atoms with Crippen LogP contribution in [0.1, 0.15) is 36.8 Å². The second-order valence-electron chi connectivity index (χ2n) is 6.99. The fourth-order valence-electron chi connectivity index (χ4n) is 3.65. The first-order valence-electron chi connectivity index (χ1n) is 8.94. The average molecular weight is 403 g/mol. The third kappa shape index (κ3) is 4.05. The summed E-state index contributed by atoms with van der Waals surface area (Å²) in [4.78, 5) is 0.216. The molecular weight excluding hydrogens is 376 g/mol. The lowest BCUT2D eigenvalue weighted by Crippen LogP contribution is -2.38. The molecular formula is C17H26N2O5S2. The molecule has 9 heteroatoms. The van der Waals surface area contributed by atoms with E-state index in [-0.39, 0.29) is 23.3 Å². The summed E-state index contributed by atoms with van der Waals surface area (Å²) in [5, 5.41) is 0. The summed E-state index contributed by atoms with van der Waals surface area (Å²) in [6.45, 7) is 4.76. The molecule has 1 atom stereocenters. The van der Waals surface area contributed by atoms with Crippen LogP contribution in [-0.2, 0) is 24.8 Å². The van der Waals surface area contributed by atoms with Gasteiger partial charge in [-0.05, 0) is 62.8 Å². The number of nitrogens with one attached hydrogen (secondary N) is 1. The quantitative estimate of drug-likeness (QED) is 0.809. The Balaban J connectivity index is 1.87. The maximum Gasteiger partial charge on any atom is 0.241 e. The molecule has 0 saturated carbocycles. The summed E-state index contributed by atoms with van der Waals surface area (Å²) in [6.07, 6.45) is 3.19. The topological polar surface area (TPSA) is 92.8 Å². The Morgan fingerprint density at radius 2 is 1.88 bits per heavy atom. The molecule has 2 fully saturated rings. The van der Waals surface area contributed by atoms with Gasteiger partial charge in [-0.3, -0.25) is 4.31 Å². The van der Waals surface area contributed by atoms with Crippen molar-refractivity contribution in [2.45, 2.75) is 50.5 Å². The molecule has 0 bridgehead atoms. The number of hydrogen-bond donors (Lipinski definition) is 1. The molecule has 1 aromatic rings. The van der Waals surface area contributed by atoms with Crippen molar-refractivity contribution < 1.29 is 21.6 Å². The predicted molar refractivity (Wildman–Crippen MR) is 100 cm³/mol. The van der Waals surface area contributed by atoms with E-state index in [1.807, 2.05) is 0 Å². The lowest BCUT2D eigenvalue weighted by atomic mass is 10.1. The van der Waals surface area contributed by atoms with Crippen LogP contribution < -0.4 is 9.03 Å². The van der Waals surface area contributed by atoms with Gasteiger partial charge in [-0.25, -0.2) is 21.6 Å². The zero-order valence-corrected chi connectivity index (χ0v) is 16.8. The second kappa shape index (κ2) is 7.46. The standard InChI is InChI=1S/C17H26N2O5S2/c1-13-10-15(19-7-3-4-9-25(19,20)21)11-14(2)17(13)26(22,23)18-12-16-6-5-8-24-16/h10-11,16,18H,3-9,12H2,1-2H3/t16-/m1/s1. The summed E-state index contributed by atoms with van der Waals surface area (Å²) in [6, 6.07) is 3.30. The summed E-state index contributed by atoms with van der Waals surface area (Å²) >= 11 is 0. The Hall–Kier alpha value is -1.16. The zero-order valence-electron chi connectivity index (χ0n) is 15.2. The summed E-state index contributed by atoms with van der Waals surface area (Å²) in [7, 11) is -7.01. The summed E-state index contributed by atoms with van der Waals surface area (Å²) in [5.41, 5.74) is 1.62. The van der Waals surface area contributed by atoms with Crippen molar-refractivity contribution in [1.29, 1.82) is 0 Å². The number of rotatable bonds is 5. The predicted octanol–water partition coefficient (Wildman–Crippen LogP) is 1.69. The molecule has 2 heterocycles. The molecule has 7 nitrogen and oxygen atoms in total. The van der Waals surface area contributed by atoms with Crippen molar-refractivity contribution in [2.75, 3.05) is 29.8 Å². The van der Waals surface area contributed by atoms with E-state index in [1.54, 1.807) is 26.0 Å². The van der Waals surface area contributed by atoms with Crippen LogP contribution in [0.15, 0.2) is 17.0 Å². The van der Waals surface area contributed by atoms with E-state index < -0.39 is 20.0 Å². The molecule has 0 radical (unpaired) electrons. The van der Waals surface area contributed by atoms with Gasteiger partial charge in [0.15, 0.2) is 0 Å². The molecule has 0 aromatic heterocycles. The summed E-state index contributed by atoms with van der Waals surface area (Å²) < 4.78 is 59.6. The third-order valence-corrected chi connectivity index (χ3v) is 8.47. The highest BCUT2D eigenvalue weighted by Gasteiger charge is 2.29. The molecule has 0 unspecified atom stereocenters. The monoisotopic (exact) mass is 402 g/mol.